The second-order valence-corrected chi connectivity index (χ2v) is 5.10. The van der Waals surface area contributed by atoms with Gasteiger partial charge in [-0.2, -0.15) is 0 Å². The van der Waals surface area contributed by atoms with Crippen molar-refractivity contribution in [2.24, 2.45) is 0 Å². The average molecular weight is 244 g/mol. The first-order chi connectivity index (χ1) is 7.18. The highest BCUT2D eigenvalue weighted by molar-refractivity contribution is 8.22. The van der Waals surface area contributed by atoms with Gasteiger partial charge in [0.1, 0.15) is 11.6 Å². The molecule has 1 aromatic rings. The van der Waals surface area contributed by atoms with E-state index in [1.165, 1.54) is 29.6 Å². The summed E-state index contributed by atoms with van der Waals surface area (Å²) in [5.74, 6) is -1.85. The Bertz CT molecular complexity index is 443. The van der Waals surface area contributed by atoms with Crippen LogP contribution in [-0.4, -0.2) is 10.9 Å². The van der Waals surface area contributed by atoms with Gasteiger partial charge >= 0.3 is 0 Å². The zero-order chi connectivity index (χ0) is 10.8. The highest BCUT2D eigenvalue weighted by atomic mass is 32.2. The summed E-state index contributed by atoms with van der Waals surface area (Å²) in [5.41, 5.74) is -0.0716. The minimum absolute atomic E-state index is 0.0716. The zero-order valence-corrected chi connectivity index (χ0v) is 9.13. The molecule has 0 aliphatic carbocycles. The first-order valence-electron chi connectivity index (χ1n) is 4.13. The van der Waals surface area contributed by atoms with Gasteiger partial charge in [-0.1, -0.05) is 0 Å². The highest BCUT2D eigenvalue weighted by Crippen LogP contribution is 2.34. The van der Waals surface area contributed by atoms with Crippen LogP contribution in [0.25, 0.3) is 0 Å². The monoisotopic (exact) mass is 244 g/mol. The molecule has 1 aliphatic rings. The molecule has 78 valence electrons. The van der Waals surface area contributed by atoms with E-state index in [1.807, 2.05) is 0 Å². The van der Waals surface area contributed by atoms with E-state index in [1.54, 1.807) is 5.41 Å². The van der Waals surface area contributed by atoms with Crippen LogP contribution in [0, 0.1) is 11.6 Å². The van der Waals surface area contributed by atoms with E-state index in [2.05, 4.69) is 0 Å². The Labute approximate surface area is 93.9 Å². The summed E-state index contributed by atoms with van der Waals surface area (Å²) in [6.45, 7) is 0. The molecule has 0 saturated carbocycles. The van der Waals surface area contributed by atoms with Crippen LogP contribution in [0.4, 0.5) is 8.78 Å². The van der Waals surface area contributed by atoms with Crippen molar-refractivity contribution < 1.29 is 13.6 Å². The normalized spacial score (nSPS) is 15.2. The van der Waals surface area contributed by atoms with Crippen molar-refractivity contribution in [1.82, 2.24) is 0 Å². The Morgan fingerprint density at radius 3 is 2.73 bits per heavy atom. The predicted octanol–water partition coefficient (Wildman–Crippen LogP) is 3.43. The standard InChI is InChI=1S/C10H6F2OS2/c11-6-1-2-7(8(12)3-6)10(13)9-4-14-5-15-9/h1-4H,5H2. The number of benzene rings is 1. The number of halogens is 2. The maximum Gasteiger partial charge on any atom is 0.202 e. The van der Waals surface area contributed by atoms with Crippen LogP contribution in [-0.2, 0) is 0 Å². The quantitative estimate of drug-likeness (QED) is 0.742. The van der Waals surface area contributed by atoms with Crippen LogP contribution >= 0.6 is 23.5 Å². The minimum Gasteiger partial charge on any atom is -0.288 e. The van der Waals surface area contributed by atoms with E-state index >= 15 is 0 Å². The molecule has 15 heavy (non-hydrogen) atoms. The number of carbonyl (C=O) groups is 1. The largest absolute Gasteiger partial charge is 0.288 e. The maximum atomic E-state index is 13.3. The first-order valence-corrected chi connectivity index (χ1v) is 6.16. The SMILES string of the molecule is O=C(C1=CSCS1)c1ccc(F)cc1F. The summed E-state index contributed by atoms with van der Waals surface area (Å²) >= 11 is 2.87. The van der Waals surface area contributed by atoms with Gasteiger partial charge in [0.15, 0.2) is 0 Å². The second-order valence-electron chi connectivity index (χ2n) is 2.86. The van der Waals surface area contributed by atoms with Crippen LogP contribution in [0.2, 0.25) is 0 Å². The Morgan fingerprint density at radius 2 is 2.13 bits per heavy atom. The van der Waals surface area contributed by atoms with Gasteiger partial charge in [0.25, 0.3) is 0 Å². The Balaban J connectivity index is 2.33. The number of allylic oxidation sites excluding steroid dienone is 1. The predicted molar refractivity (Wildman–Crippen MR) is 58.8 cm³/mol. The van der Waals surface area contributed by atoms with E-state index < -0.39 is 11.6 Å². The summed E-state index contributed by atoms with van der Waals surface area (Å²) < 4.78 is 25.9. The molecule has 5 heteroatoms. The van der Waals surface area contributed by atoms with Gasteiger partial charge in [-0.3, -0.25) is 4.79 Å². The molecule has 0 atom stereocenters. The molecule has 0 radical (unpaired) electrons. The van der Waals surface area contributed by atoms with E-state index in [9.17, 15) is 13.6 Å². The highest BCUT2D eigenvalue weighted by Gasteiger charge is 2.19. The summed E-state index contributed by atoms with van der Waals surface area (Å²) in [7, 11) is 0. The average Bonchev–Trinajstić information content (AvgIpc) is 2.69. The molecule has 0 N–H and O–H groups in total. The molecular weight excluding hydrogens is 238 g/mol. The fourth-order valence-corrected chi connectivity index (χ4v) is 3.19. The van der Waals surface area contributed by atoms with E-state index in [4.69, 9.17) is 0 Å². The van der Waals surface area contributed by atoms with Gasteiger partial charge in [-0.15, -0.1) is 23.5 Å². The second kappa shape index (κ2) is 4.37. The Kier molecular flexibility index (Phi) is 3.11. The van der Waals surface area contributed by atoms with Crippen LogP contribution in [0.1, 0.15) is 10.4 Å². The third-order valence-electron chi connectivity index (χ3n) is 1.87. The molecular formula is C10H6F2OS2. The minimum atomic E-state index is -0.807. The van der Waals surface area contributed by atoms with Crippen LogP contribution < -0.4 is 0 Å². The van der Waals surface area contributed by atoms with Crippen molar-refractivity contribution in [3.63, 3.8) is 0 Å². The van der Waals surface area contributed by atoms with Crippen LogP contribution in [0.3, 0.4) is 0 Å². The molecule has 0 bridgehead atoms. The number of Topliss-reactive ketones (excluding diaryl/α,β-unsaturated/α-hetero) is 1. The van der Waals surface area contributed by atoms with E-state index in [0.717, 1.165) is 17.2 Å². The Morgan fingerprint density at radius 1 is 1.33 bits per heavy atom. The number of ketones is 1. The topological polar surface area (TPSA) is 17.1 Å². The van der Waals surface area contributed by atoms with Crippen molar-refractivity contribution >= 4 is 29.3 Å². The lowest BCUT2D eigenvalue weighted by Crippen LogP contribution is -2.03. The summed E-state index contributed by atoms with van der Waals surface area (Å²) in [5, 5.41) is 2.47. The number of thioether (sulfide) groups is 2. The first kappa shape index (κ1) is 10.7. The maximum absolute atomic E-state index is 13.3. The van der Waals surface area contributed by atoms with Crippen molar-refractivity contribution in [3.05, 3.63) is 45.7 Å². The number of carbonyl (C=O) groups excluding carboxylic acids is 1. The smallest absolute Gasteiger partial charge is 0.202 e. The molecule has 0 spiro atoms. The van der Waals surface area contributed by atoms with Gasteiger partial charge in [0, 0.05) is 11.2 Å². The lowest BCUT2D eigenvalue weighted by molar-refractivity contribution is 0.103. The third kappa shape index (κ3) is 2.23. The molecule has 1 nitrogen and oxygen atoms in total. The third-order valence-corrected chi connectivity index (χ3v) is 4.05. The molecule has 0 unspecified atom stereocenters. The molecule has 0 amide bonds. The van der Waals surface area contributed by atoms with Crippen molar-refractivity contribution in [1.29, 1.82) is 0 Å². The molecule has 0 aromatic heterocycles. The zero-order valence-electron chi connectivity index (χ0n) is 7.50. The lowest BCUT2D eigenvalue weighted by Gasteiger charge is -2.02. The van der Waals surface area contributed by atoms with Crippen molar-refractivity contribution in [3.8, 4) is 0 Å². The fourth-order valence-electron chi connectivity index (χ4n) is 1.17. The van der Waals surface area contributed by atoms with Crippen LogP contribution in [0.5, 0.6) is 0 Å². The molecule has 1 aliphatic heterocycles. The summed E-state index contributed by atoms with van der Waals surface area (Å²) in [6.07, 6.45) is 0. The number of hydrogen-bond acceptors (Lipinski definition) is 3. The van der Waals surface area contributed by atoms with Crippen molar-refractivity contribution in [2.75, 3.05) is 5.08 Å². The van der Waals surface area contributed by atoms with Gasteiger partial charge in [-0.05, 0) is 17.5 Å². The van der Waals surface area contributed by atoms with E-state index in [-0.39, 0.29) is 11.3 Å². The van der Waals surface area contributed by atoms with Gasteiger partial charge in [0.05, 0.1) is 10.5 Å². The molecule has 0 saturated heterocycles. The summed E-state index contributed by atoms with van der Waals surface area (Å²) in [6, 6.07) is 2.99. The van der Waals surface area contributed by atoms with Gasteiger partial charge < -0.3 is 0 Å². The molecule has 1 aromatic carbocycles. The summed E-state index contributed by atoms with van der Waals surface area (Å²) in [4.78, 5) is 12.2. The fraction of sp³-hybridized carbons (Fsp3) is 0.100. The Hall–Kier alpha value is -0.810. The lowest BCUT2D eigenvalue weighted by atomic mass is 10.1. The number of hydrogen-bond donors (Lipinski definition) is 0. The number of rotatable bonds is 2. The van der Waals surface area contributed by atoms with Crippen LogP contribution in [0.15, 0.2) is 28.5 Å². The molecule has 2 rings (SSSR count). The van der Waals surface area contributed by atoms with Gasteiger partial charge in [0.2, 0.25) is 5.78 Å². The molecule has 0 fully saturated rings. The van der Waals surface area contributed by atoms with Gasteiger partial charge in [-0.25, -0.2) is 8.78 Å². The van der Waals surface area contributed by atoms with Crippen molar-refractivity contribution in [2.45, 2.75) is 0 Å². The molecule has 1 heterocycles. The van der Waals surface area contributed by atoms with E-state index in [0.29, 0.717) is 4.91 Å².